The molecular weight excluding hydrogens is 168 g/mol. The van der Waals surface area contributed by atoms with Gasteiger partial charge in [-0.05, 0) is 17.4 Å². The van der Waals surface area contributed by atoms with Crippen molar-refractivity contribution in [1.82, 2.24) is 0 Å². The molecule has 0 aromatic carbocycles. The van der Waals surface area contributed by atoms with E-state index in [-0.39, 0.29) is 12.0 Å². The standard InChI is InChI=1S/C8H14N4O/c1-8(2,4-5-11-12-9)7(13)6-10-3/h7,13H,4-6H2,1-2H3. The Morgan fingerprint density at radius 1 is 1.62 bits per heavy atom. The first kappa shape index (κ1) is 11.8. The predicted octanol–water partition coefficient (Wildman–Crippen LogP) is 1.99. The average molecular weight is 182 g/mol. The molecule has 1 N–H and O–H groups in total. The summed E-state index contributed by atoms with van der Waals surface area (Å²) in [6, 6.07) is 0. The molecule has 5 nitrogen and oxygen atoms in total. The second kappa shape index (κ2) is 5.41. The van der Waals surface area contributed by atoms with Crippen molar-refractivity contribution in [3.05, 3.63) is 21.9 Å². The Morgan fingerprint density at radius 3 is 2.69 bits per heavy atom. The molecule has 1 unspecified atom stereocenters. The molecule has 0 spiro atoms. The number of hydrogen-bond acceptors (Lipinski definition) is 2. The molecule has 0 heterocycles. The largest absolute Gasteiger partial charge is 0.385 e. The smallest absolute Gasteiger partial charge is 0.240 e. The van der Waals surface area contributed by atoms with Crippen molar-refractivity contribution in [3.8, 4) is 0 Å². The first-order valence-electron chi connectivity index (χ1n) is 4.06. The minimum atomic E-state index is -0.654. The third-order valence-corrected chi connectivity index (χ3v) is 2.09. The van der Waals surface area contributed by atoms with Crippen LogP contribution in [0.4, 0.5) is 0 Å². The molecule has 0 aliphatic heterocycles. The molecule has 72 valence electrons. The number of hydrogen-bond donors (Lipinski definition) is 1. The maximum Gasteiger partial charge on any atom is 0.240 e. The summed E-state index contributed by atoms with van der Waals surface area (Å²) in [5, 5.41) is 12.9. The molecule has 0 bridgehead atoms. The molecule has 13 heavy (non-hydrogen) atoms. The molecule has 0 saturated carbocycles. The van der Waals surface area contributed by atoms with Crippen LogP contribution in [0.2, 0.25) is 0 Å². The van der Waals surface area contributed by atoms with Crippen LogP contribution in [0.1, 0.15) is 20.3 Å². The lowest BCUT2D eigenvalue weighted by atomic mass is 9.83. The van der Waals surface area contributed by atoms with E-state index in [0.717, 1.165) is 0 Å². The molecule has 0 radical (unpaired) electrons. The van der Waals surface area contributed by atoms with Crippen LogP contribution in [0.25, 0.3) is 15.3 Å². The number of nitrogens with zero attached hydrogens (tertiary/aromatic N) is 4. The van der Waals surface area contributed by atoms with Crippen molar-refractivity contribution in [1.29, 1.82) is 0 Å². The van der Waals surface area contributed by atoms with Crippen LogP contribution in [-0.4, -0.2) is 24.3 Å². The molecule has 0 fully saturated rings. The van der Waals surface area contributed by atoms with Gasteiger partial charge in [0.2, 0.25) is 6.54 Å². The Balaban J connectivity index is 4.06. The zero-order chi connectivity index (χ0) is 10.3. The van der Waals surface area contributed by atoms with Gasteiger partial charge < -0.3 is 9.95 Å². The lowest BCUT2D eigenvalue weighted by Crippen LogP contribution is -2.32. The molecule has 0 saturated heterocycles. The molecule has 0 amide bonds. The fourth-order valence-corrected chi connectivity index (χ4v) is 0.883. The zero-order valence-corrected chi connectivity index (χ0v) is 7.93. The van der Waals surface area contributed by atoms with E-state index in [1.807, 2.05) is 13.8 Å². The molecule has 0 aromatic heterocycles. The zero-order valence-electron chi connectivity index (χ0n) is 7.93. The molecule has 0 aromatic rings. The van der Waals surface area contributed by atoms with Gasteiger partial charge in [0, 0.05) is 11.5 Å². The summed E-state index contributed by atoms with van der Waals surface area (Å²) in [6.07, 6.45) is -0.0628. The normalized spacial score (nSPS) is 12.8. The fourth-order valence-electron chi connectivity index (χ4n) is 0.883. The van der Waals surface area contributed by atoms with Gasteiger partial charge in [-0.3, -0.25) is 0 Å². The van der Waals surface area contributed by atoms with E-state index in [2.05, 4.69) is 14.9 Å². The van der Waals surface area contributed by atoms with Crippen LogP contribution in [0, 0.1) is 12.0 Å². The van der Waals surface area contributed by atoms with Gasteiger partial charge in [0.1, 0.15) is 6.10 Å². The van der Waals surface area contributed by atoms with E-state index in [9.17, 15) is 5.11 Å². The molecule has 0 aliphatic rings. The highest BCUT2D eigenvalue weighted by Gasteiger charge is 2.29. The van der Waals surface area contributed by atoms with Crippen LogP contribution in [0.5, 0.6) is 0 Å². The second-order valence-corrected chi connectivity index (χ2v) is 3.55. The van der Waals surface area contributed by atoms with Crippen molar-refractivity contribution < 1.29 is 5.11 Å². The summed E-state index contributed by atoms with van der Waals surface area (Å²) in [6.45, 7) is 10.8. The van der Waals surface area contributed by atoms with Gasteiger partial charge in [-0.15, -0.1) is 0 Å². The SMILES string of the molecule is [C-]#[N+]CC(O)C(C)(C)CCN=[N+]=[N-]. The highest BCUT2D eigenvalue weighted by molar-refractivity contribution is 4.83. The molecule has 0 aliphatic carbocycles. The Kier molecular flexibility index (Phi) is 4.90. The summed E-state index contributed by atoms with van der Waals surface area (Å²) in [5.74, 6) is 0. The van der Waals surface area contributed by atoms with Gasteiger partial charge in [-0.2, -0.15) is 0 Å². The number of azide groups is 1. The third-order valence-electron chi connectivity index (χ3n) is 2.09. The minimum absolute atomic E-state index is 0.100. The summed E-state index contributed by atoms with van der Waals surface area (Å²) in [7, 11) is 0. The Hall–Kier alpha value is -1.24. The Morgan fingerprint density at radius 2 is 2.23 bits per heavy atom. The summed E-state index contributed by atoms with van der Waals surface area (Å²) < 4.78 is 0. The minimum Gasteiger partial charge on any atom is -0.385 e. The van der Waals surface area contributed by atoms with Crippen molar-refractivity contribution >= 4 is 0 Å². The first-order valence-corrected chi connectivity index (χ1v) is 4.06. The topological polar surface area (TPSA) is 73.4 Å². The fraction of sp³-hybridized carbons (Fsp3) is 0.875. The average Bonchev–Trinajstić information content (AvgIpc) is 2.05. The van der Waals surface area contributed by atoms with Crippen LogP contribution < -0.4 is 0 Å². The Bertz CT molecular complexity index is 237. The van der Waals surface area contributed by atoms with E-state index >= 15 is 0 Å². The third kappa shape index (κ3) is 4.36. The van der Waals surface area contributed by atoms with Crippen LogP contribution >= 0.6 is 0 Å². The predicted molar refractivity (Wildman–Crippen MR) is 49.9 cm³/mol. The number of rotatable bonds is 5. The highest BCUT2D eigenvalue weighted by Crippen LogP contribution is 2.25. The van der Waals surface area contributed by atoms with E-state index < -0.39 is 6.10 Å². The first-order chi connectivity index (χ1) is 6.04. The van der Waals surface area contributed by atoms with E-state index in [1.165, 1.54) is 0 Å². The van der Waals surface area contributed by atoms with Crippen molar-refractivity contribution in [3.63, 3.8) is 0 Å². The highest BCUT2D eigenvalue weighted by atomic mass is 16.3. The second-order valence-electron chi connectivity index (χ2n) is 3.55. The van der Waals surface area contributed by atoms with Gasteiger partial charge >= 0.3 is 0 Å². The van der Waals surface area contributed by atoms with E-state index in [4.69, 9.17) is 12.1 Å². The van der Waals surface area contributed by atoms with Gasteiger partial charge in [-0.25, -0.2) is 6.57 Å². The van der Waals surface area contributed by atoms with Gasteiger partial charge in [-0.1, -0.05) is 19.0 Å². The quantitative estimate of drug-likeness (QED) is 0.300. The van der Waals surface area contributed by atoms with E-state index in [0.29, 0.717) is 13.0 Å². The van der Waals surface area contributed by atoms with E-state index in [1.54, 1.807) is 0 Å². The monoisotopic (exact) mass is 182 g/mol. The van der Waals surface area contributed by atoms with Crippen LogP contribution in [0.15, 0.2) is 5.11 Å². The Labute approximate surface area is 77.8 Å². The van der Waals surface area contributed by atoms with Gasteiger partial charge in [0.25, 0.3) is 0 Å². The maximum atomic E-state index is 9.53. The van der Waals surface area contributed by atoms with Crippen molar-refractivity contribution in [2.24, 2.45) is 10.5 Å². The number of aliphatic hydroxyl groups excluding tert-OH is 1. The molecular formula is C8H14N4O. The molecule has 1 atom stereocenters. The number of aliphatic hydroxyl groups is 1. The van der Waals surface area contributed by atoms with Crippen LogP contribution in [-0.2, 0) is 0 Å². The summed E-state index contributed by atoms with van der Waals surface area (Å²) in [4.78, 5) is 5.75. The molecule has 5 heteroatoms. The summed E-state index contributed by atoms with van der Waals surface area (Å²) >= 11 is 0. The van der Waals surface area contributed by atoms with Gasteiger partial charge in [0.15, 0.2) is 0 Å². The molecule has 0 rings (SSSR count). The lowest BCUT2D eigenvalue weighted by molar-refractivity contribution is 0.0591. The van der Waals surface area contributed by atoms with Crippen LogP contribution in [0.3, 0.4) is 0 Å². The lowest BCUT2D eigenvalue weighted by Gasteiger charge is -2.26. The summed E-state index contributed by atoms with van der Waals surface area (Å²) in [5.41, 5.74) is 7.69. The van der Waals surface area contributed by atoms with Gasteiger partial charge in [0.05, 0.1) is 0 Å². The van der Waals surface area contributed by atoms with Crippen molar-refractivity contribution in [2.45, 2.75) is 26.4 Å². The van der Waals surface area contributed by atoms with Crippen molar-refractivity contribution in [2.75, 3.05) is 13.1 Å². The maximum absolute atomic E-state index is 9.53.